The number of furan rings is 1. The third kappa shape index (κ3) is 4.37. The first kappa shape index (κ1) is 18.6. The Morgan fingerprint density at radius 3 is 2.61 bits per heavy atom. The predicted molar refractivity (Wildman–Crippen MR) is 112 cm³/mol. The highest BCUT2D eigenvalue weighted by molar-refractivity contribution is 7.13. The summed E-state index contributed by atoms with van der Waals surface area (Å²) in [5, 5.41) is 8.71. The molecule has 0 unspecified atom stereocenters. The van der Waals surface area contributed by atoms with E-state index >= 15 is 0 Å². The second-order valence-electron chi connectivity index (χ2n) is 6.48. The van der Waals surface area contributed by atoms with E-state index < -0.39 is 0 Å². The number of aryl methyl sites for hydroxylation is 2. The van der Waals surface area contributed by atoms with E-state index in [0.717, 1.165) is 32.7 Å². The Morgan fingerprint density at radius 1 is 1.04 bits per heavy atom. The molecule has 0 aliphatic rings. The van der Waals surface area contributed by atoms with Crippen LogP contribution in [0.3, 0.4) is 0 Å². The average molecular weight is 410 g/mol. The zero-order valence-corrected chi connectivity index (χ0v) is 17.2. The smallest absolute Gasteiger partial charge is 0.226 e. The average Bonchev–Trinajstić information content (AvgIpc) is 3.41. The number of nitrogens with zero attached hydrogens (tertiary/aromatic N) is 2. The molecule has 7 heteroatoms. The number of hydrogen-bond donors (Lipinski definition) is 1. The Kier molecular flexibility index (Phi) is 5.36. The normalized spacial score (nSPS) is 10.9. The van der Waals surface area contributed by atoms with E-state index in [-0.39, 0.29) is 12.3 Å². The summed E-state index contributed by atoms with van der Waals surface area (Å²) < 4.78 is 5.77. The van der Waals surface area contributed by atoms with Gasteiger partial charge in [0.2, 0.25) is 5.91 Å². The molecule has 0 saturated carbocycles. The van der Waals surface area contributed by atoms with Gasteiger partial charge in [0.1, 0.15) is 16.5 Å². The van der Waals surface area contributed by atoms with Crippen molar-refractivity contribution < 1.29 is 9.21 Å². The Balaban J connectivity index is 1.33. The van der Waals surface area contributed by atoms with Crippen molar-refractivity contribution in [3.05, 3.63) is 69.2 Å². The lowest BCUT2D eigenvalue weighted by atomic mass is 10.2. The highest BCUT2D eigenvalue weighted by Gasteiger charge is 2.11. The lowest BCUT2D eigenvalue weighted by Crippen LogP contribution is -2.24. The van der Waals surface area contributed by atoms with Gasteiger partial charge < -0.3 is 9.73 Å². The second-order valence-corrected chi connectivity index (χ2v) is 8.40. The first-order valence-electron chi connectivity index (χ1n) is 8.86. The minimum absolute atomic E-state index is 0.0804. The molecule has 1 N–H and O–H groups in total. The van der Waals surface area contributed by atoms with E-state index in [9.17, 15) is 4.79 Å². The molecule has 0 bridgehead atoms. The minimum atomic E-state index is -0.0804. The highest BCUT2D eigenvalue weighted by atomic mass is 32.1. The summed E-state index contributed by atoms with van der Waals surface area (Å²) in [4.78, 5) is 21.2. The maximum Gasteiger partial charge on any atom is 0.226 e. The lowest BCUT2D eigenvalue weighted by molar-refractivity contribution is -0.120. The van der Waals surface area contributed by atoms with Crippen molar-refractivity contribution in [1.82, 2.24) is 15.3 Å². The number of aromatic nitrogens is 2. The molecule has 0 aliphatic carbocycles. The van der Waals surface area contributed by atoms with Crippen molar-refractivity contribution in [1.29, 1.82) is 0 Å². The van der Waals surface area contributed by atoms with Crippen molar-refractivity contribution in [2.75, 3.05) is 0 Å². The molecule has 1 aromatic carbocycles. The van der Waals surface area contributed by atoms with Crippen LogP contribution in [0.1, 0.15) is 22.0 Å². The van der Waals surface area contributed by atoms with Gasteiger partial charge in [0.05, 0.1) is 23.7 Å². The summed E-state index contributed by atoms with van der Waals surface area (Å²) in [5.74, 6) is 1.34. The Labute approximate surface area is 171 Å². The molecule has 28 heavy (non-hydrogen) atoms. The lowest BCUT2D eigenvalue weighted by Gasteiger charge is -2.01. The summed E-state index contributed by atoms with van der Waals surface area (Å²) in [5.41, 5.74) is 3.89. The number of rotatable bonds is 6. The molecule has 1 amide bonds. The number of thiazole rings is 2. The largest absolute Gasteiger partial charge is 0.458 e. The summed E-state index contributed by atoms with van der Waals surface area (Å²) >= 11 is 3.13. The van der Waals surface area contributed by atoms with Gasteiger partial charge >= 0.3 is 0 Å². The van der Waals surface area contributed by atoms with E-state index in [2.05, 4.69) is 46.5 Å². The van der Waals surface area contributed by atoms with Gasteiger partial charge in [-0.2, -0.15) is 0 Å². The minimum Gasteiger partial charge on any atom is -0.458 e. The Morgan fingerprint density at radius 2 is 1.86 bits per heavy atom. The summed E-state index contributed by atoms with van der Waals surface area (Å²) in [7, 11) is 0. The van der Waals surface area contributed by atoms with Gasteiger partial charge in [-0.3, -0.25) is 4.79 Å². The fourth-order valence-electron chi connectivity index (χ4n) is 2.72. The molecular formula is C21H19N3O2S2. The number of benzene rings is 1. The molecule has 0 fully saturated rings. The number of hydrogen-bond acceptors (Lipinski definition) is 6. The van der Waals surface area contributed by atoms with Crippen LogP contribution in [0.5, 0.6) is 0 Å². The van der Waals surface area contributed by atoms with Crippen LogP contribution in [0, 0.1) is 13.8 Å². The maximum atomic E-state index is 12.3. The first-order chi connectivity index (χ1) is 13.6. The van der Waals surface area contributed by atoms with Crippen molar-refractivity contribution in [2.45, 2.75) is 26.8 Å². The molecule has 3 aromatic heterocycles. The van der Waals surface area contributed by atoms with E-state index in [0.29, 0.717) is 12.3 Å². The second kappa shape index (κ2) is 8.08. The topological polar surface area (TPSA) is 68.0 Å². The van der Waals surface area contributed by atoms with Gasteiger partial charge in [0.25, 0.3) is 0 Å². The number of carbonyl (C=O) groups is 1. The van der Waals surface area contributed by atoms with Gasteiger partial charge in [0.15, 0.2) is 5.76 Å². The highest BCUT2D eigenvalue weighted by Crippen LogP contribution is 2.25. The van der Waals surface area contributed by atoms with Crippen LogP contribution < -0.4 is 5.32 Å². The predicted octanol–water partition coefficient (Wildman–Crippen LogP) is 5.00. The zero-order valence-electron chi connectivity index (χ0n) is 15.6. The van der Waals surface area contributed by atoms with Gasteiger partial charge in [0, 0.05) is 16.3 Å². The SMILES string of the molecule is Cc1ccc(-c2nc(CC(=O)NCc3ccc(-c4csc(C)n4)o3)cs2)cc1. The molecule has 0 spiro atoms. The molecule has 0 radical (unpaired) electrons. The first-order valence-corrected chi connectivity index (χ1v) is 10.6. The Bertz CT molecular complexity index is 1090. The molecule has 3 heterocycles. The monoisotopic (exact) mass is 409 g/mol. The zero-order chi connectivity index (χ0) is 19.5. The maximum absolute atomic E-state index is 12.3. The molecule has 4 rings (SSSR count). The standard InChI is InChI=1S/C21H19N3O2S2/c1-13-3-5-15(6-4-13)21-24-16(11-28-21)9-20(25)22-10-17-7-8-19(26-17)18-12-27-14(2)23-18/h3-8,11-12H,9-10H2,1-2H3,(H,22,25). The third-order valence-corrected chi connectivity index (χ3v) is 5.90. The fourth-order valence-corrected chi connectivity index (χ4v) is 4.14. The molecular weight excluding hydrogens is 390 g/mol. The van der Waals surface area contributed by atoms with Gasteiger partial charge in [-0.25, -0.2) is 9.97 Å². The van der Waals surface area contributed by atoms with Gasteiger partial charge in [-0.05, 0) is 26.0 Å². The van der Waals surface area contributed by atoms with Crippen molar-refractivity contribution in [3.63, 3.8) is 0 Å². The van der Waals surface area contributed by atoms with E-state index in [1.165, 1.54) is 5.56 Å². The van der Waals surface area contributed by atoms with E-state index in [1.54, 1.807) is 22.7 Å². The molecule has 142 valence electrons. The van der Waals surface area contributed by atoms with Gasteiger partial charge in [-0.15, -0.1) is 22.7 Å². The molecule has 5 nitrogen and oxygen atoms in total. The number of nitrogens with one attached hydrogen (secondary N) is 1. The third-order valence-electron chi connectivity index (χ3n) is 4.18. The van der Waals surface area contributed by atoms with Crippen molar-refractivity contribution >= 4 is 28.6 Å². The van der Waals surface area contributed by atoms with Crippen LogP contribution in [-0.2, 0) is 17.8 Å². The van der Waals surface area contributed by atoms with Crippen LogP contribution >= 0.6 is 22.7 Å². The quantitative estimate of drug-likeness (QED) is 0.486. The summed E-state index contributed by atoms with van der Waals surface area (Å²) in [6.07, 6.45) is 0.251. The van der Waals surface area contributed by atoms with E-state index in [4.69, 9.17) is 4.42 Å². The van der Waals surface area contributed by atoms with Crippen LogP contribution in [0.15, 0.2) is 51.6 Å². The summed E-state index contributed by atoms with van der Waals surface area (Å²) in [6, 6.07) is 12.0. The number of carbonyl (C=O) groups excluding carboxylic acids is 1. The van der Waals surface area contributed by atoms with Crippen LogP contribution in [0.25, 0.3) is 22.0 Å². The van der Waals surface area contributed by atoms with Crippen molar-refractivity contribution in [2.24, 2.45) is 0 Å². The molecule has 0 saturated heterocycles. The molecule has 0 atom stereocenters. The fraction of sp³-hybridized carbons (Fsp3) is 0.190. The van der Waals surface area contributed by atoms with E-state index in [1.807, 2.05) is 29.8 Å². The van der Waals surface area contributed by atoms with Crippen LogP contribution in [-0.4, -0.2) is 15.9 Å². The van der Waals surface area contributed by atoms with Crippen LogP contribution in [0.4, 0.5) is 0 Å². The molecule has 0 aliphatic heterocycles. The Hall–Kier alpha value is -2.77. The molecule has 4 aromatic rings. The van der Waals surface area contributed by atoms with Gasteiger partial charge in [-0.1, -0.05) is 29.8 Å². The number of amides is 1. The van der Waals surface area contributed by atoms with Crippen LogP contribution in [0.2, 0.25) is 0 Å². The summed E-state index contributed by atoms with van der Waals surface area (Å²) in [6.45, 7) is 4.36. The van der Waals surface area contributed by atoms with Crippen molar-refractivity contribution in [3.8, 4) is 22.0 Å².